The van der Waals surface area contributed by atoms with Crippen molar-refractivity contribution in [3.05, 3.63) is 34.1 Å². The molecule has 0 spiro atoms. The van der Waals surface area contributed by atoms with E-state index in [9.17, 15) is 22.9 Å². The number of nitrogens with two attached hydrogens (primary N) is 1. The van der Waals surface area contributed by atoms with E-state index >= 15 is 0 Å². The average Bonchev–Trinajstić information content (AvgIpc) is 2.26. The minimum absolute atomic E-state index is 0.0266. The van der Waals surface area contributed by atoms with Crippen LogP contribution in [0.25, 0.3) is 0 Å². The van der Waals surface area contributed by atoms with E-state index in [1.807, 2.05) is 0 Å². The summed E-state index contributed by atoms with van der Waals surface area (Å²) in [4.78, 5) is 9.19. The van der Waals surface area contributed by atoms with Crippen molar-refractivity contribution in [3.63, 3.8) is 0 Å². The van der Waals surface area contributed by atoms with Crippen LogP contribution in [0.2, 0.25) is 0 Å². The zero-order chi connectivity index (χ0) is 14.2. The molecule has 9 heteroatoms. The molecular weight excluding hydrogens is 277 g/mol. The molecule has 19 heavy (non-hydrogen) atoms. The predicted octanol–water partition coefficient (Wildman–Crippen LogP) is 0.502. The van der Waals surface area contributed by atoms with Crippen molar-refractivity contribution in [1.82, 2.24) is 4.72 Å². The van der Waals surface area contributed by atoms with Gasteiger partial charge in [0.2, 0.25) is 15.8 Å². The fraction of sp³-hybridized carbons (Fsp3) is 0.400. The molecule has 0 bridgehead atoms. The number of hydrogen-bond acceptors (Lipinski definition) is 5. The van der Waals surface area contributed by atoms with E-state index in [0.717, 1.165) is 12.1 Å². The number of benzene rings is 1. The third-order valence-electron chi connectivity index (χ3n) is 2.92. The van der Waals surface area contributed by atoms with Gasteiger partial charge in [-0.05, 0) is 18.9 Å². The number of halogens is 1. The van der Waals surface area contributed by atoms with E-state index in [1.165, 1.54) is 0 Å². The van der Waals surface area contributed by atoms with Crippen molar-refractivity contribution in [2.45, 2.75) is 29.8 Å². The van der Waals surface area contributed by atoms with Crippen LogP contribution >= 0.6 is 0 Å². The highest BCUT2D eigenvalue weighted by Crippen LogP contribution is 2.23. The van der Waals surface area contributed by atoms with Crippen LogP contribution in [0.5, 0.6) is 0 Å². The first kappa shape index (κ1) is 13.8. The fourth-order valence-electron chi connectivity index (χ4n) is 1.85. The first-order chi connectivity index (χ1) is 8.79. The molecule has 0 atom stereocenters. The summed E-state index contributed by atoms with van der Waals surface area (Å²) in [7, 11) is -3.88. The van der Waals surface area contributed by atoms with E-state index in [-0.39, 0.29) is 17.0 Å². The molecule has 0 aliphatic heterocycles. The van der Waals surface area contributed by atoms with Crippen LogP contribution in [0.15, 0.2) is 23.1 Å². The van der Waals surface area contributed by atoms with E-state index in [4.69, 9.17) is 5.73 Å². The first-order valence-corrected chi connectivity index (χ1v) is 7.00. The lowest BCUT2D eigenvalue weighted by Crippen LogP contribution is -2.50. The molecule has 1 aromatic rings. The molecule has 1 aliphatic rings. The fourth-order valence-corrected chi connectivity index (χ4v) is 3.12. The topological polar surface area (TPSA) is 115 Å². The van der Waals surface area contributed by atoms with Gasteiger partial charge < -0.3 is 5.73 Å². The highest BCUT2D eigenvalue weighted by atomic mass is 32.2. The van der Waals surface area contributed by atoms with Gasteiger partial charge in [-0.1, -0.05) is 0 Å². The van der Waals surface area contributed by atoms with Crippen LogP contribution in [0.4, 0.5) is 10.1 Å². The molecule has 1 aromatic carbocycles. The minimum Gasteiger partial charge on any atom is -0.328 e. The first-order valence-electron chi connectivity index (χ1n) is 5.51. The second-order valence-corrected chi connectivity index (χ2v) is 6.13. The van der Waals surface area contributed by atoms with Gasteiger partial charge in [0.15, 0.2) is 0 Å². The molecule has 0 radical (unpaired) electrons. The molecule has 0 aromatic heterocycles. The molecule has 1 aliphatic carbocycles. The molecule has 0 unspecified atom stereocenters. The van der Waals surface area contributed by atoms with Gasteiger partial charge in [0.05, 0.1) is 9.82 Å². The summed E-state index contributed by atoms with van der Waals surface area (Å²) in [6.07, 6.45) is 1.05. The standard InChI is InChI=1S/C10H12FN3O4S/c11-9-5-8(1-2-10(9)14(15)16)19(17,18)13-7-3-6(12)4-7/h1-2,5-7,13H,3-4,12H2. The number of nitrogens with zero attached hydrogens (tertiary/aromatic N) is 1. The van der Waals surface area contributed by atoms with Gasteiger partial charge in [0.1, 0.15) is 0 Å². The van der Waals surface area contributed by atoms with Gasteiger partial charge in [-0.25, -0.2) is 13.1 Å². The number of hydrogen-bond donors (Lipinski definition) is 2. The quantitative estimate of drug-likeness (QED) is 0.618. The Morgan fingerprint density at radius 1 is 1.42 bits per heavy atom. The maximum Gasteiger partial charge on any atom is 0.304 e. The molecule has 2 rings (SSSR count). The Bertz CT molecular complexity index is 613. The molecule has 1 saturated carbocycles. The maximum absolute atomic E-state index is 13.4. The number of sulfonamides is 1. The van der Waals surface area contributed by atoms with Crippen LogP contribution < -0.4 is 10.5 Å². The van der Waals surface area contributed by atoms with Crippen molar-refractivity contribution in [1.29, 1.82) is 0 Å². The monoisotopic (exact) mass is 289 g/mol. The van der Waals surface area contributed by atoms with Crippen LogP contribution in [-0.4, -0.2) is 25.4 Å². The summed E-state index contributed by atoms with van der Waals surface area (Å²) in [5, 5.41) is 10.4. The van der Waals surface area contributed by atoms with Gasteiger partial charge in [0.25, 0.3) is 0 Å². The Morgan fingerprint density at radius 2 is 2.05 bits per heavy atom. The van der Waals surface area contributed by atoms with Crippen LogP contribution in [0.3, 0.4) is 0 Å². The Hall–Kier alpha value is -1.58. The Balaban J connectivity index is 2.21. The third kappa shape index (κ3) is 2.88. The summed E-state index contributed by atoms with van der Waals surface area (Å²) in [6.45, 7) is 0. The third-order valence-corrected chi connectivity index (χ3v) is 4.44. The molecular formula is C10H12FN3O4S. The molecule has 1 fully saturated rings. The Labute approximate surface area is 108 Å². The highest BCUT2D eigenvalue weighted by Gasteiger charge is 2.31. The number of nitro benzene ring substituents is 1. The summed E-state index contributed by atoms with van der Waals surface area (Å²) in [5.41, 5.74) is 4.77. The number of rotatable bonds is 4. The SMILES string of the molecule is NC1CC(NS(=O)(=O)c2ccc([N+](=O)[O-])c(F)c2)C1. The molecule has 0 saturated heterocycles. The summed E-state index contributed by atoms with van der Waals surface area (Å²) in [5.74, 6) is -1.18. The predicted molar refractivity (Wildman–Crippen MR) is 64.4 cm³/mol. The maximum atomic E-state index is 13.4. The summed E-state index contributed by atoms with van der Waals surface area (Å²) < 4.78 is 39.5. The van der Waals surface area contributed by atoms with Crippen LogP contribution in [-0.2, 0) is 10.0 Å². The Kier molecular flexibility index (Phi) is 3.52. The lowest BCUT2D eigenvalue weighted by atomic mass is 9.89. The van der Waals surface area contributed by atoms with E-state index in [1.54, 1.807) is 0 Å². The summed E-state index contributed by atoms with van der Waals surface area (Å²) in [6, 6.07) is 2.18. The average molecular weight is 289 g/mol. The number of nitrogens with one attached hydrogen (secondary N) is 1. The molecule has 0 heterocycles. The van der Waals surface area contributed by atoms with Crippen molar-refractivity contribution in [3.8, 4) is 0 Å². The molecule has 104 valence electrons. The van der Waals surface area contributed by atoms with Gasteiger partial charge in [-0.3, -0.25) is 10.1 Å². The van der Waals surface area contributed by atoms with Gasteiger partial charge >= 0.3 is 5.69 Å². The Morgan fingerprint density at radius 3 is 2.53 bits per heavy atom. The largest absolute Gasteiger partial charge is 0.328 e. The zero-order valence-corrected chi connectivity index (χ0v) is 10.6. The lowest BCUT2D eigenvalue weighted by Gasteiger charge is -2.32. The zero-order valence-electron chi connectivity index (χ0n) is 9.74. The van der Waals surface area contributed by atoms with Crippen molar-refractivity contribution in [2.24, 2.45) is 5.73 Å². The second-order valence-electron chi connectivity index (χ2n) is 4.42. The van der Waals surface area contributed by atoms with Gasteiger partial charge in [-0.15, -0.1) is 0 Å². The van der Waals surface area contributed by atoms with E-state index in [0.29, 0.717) is 18.9 Å². The minimum atomic E-state index is -3.88. The second kappa shape index (κ2) is 4.83. The molecule has 3 N–H and O–H groups in total. The highest BCUT2D eigenvalue weighted by molar-refractivity contribution is 7.89. The summed E-state index contributed by atoms with van der Waals surface area (Å²) >= 11 is 0. The van der Waals surface area contributed by atoms with Crippen LogP contribution in [0, 0.1) is 15.9 Å². The van der Waals surface area contributed by atoms with E-state index in [2.05, 4.69) is 4.72 Å². The van der Waals surface area contributed by atoms with E-state index < -0.39 is 26.5 Å². The number of nitro groups is 1. The van der Waals surface area contributed by atoms with Gasteiger partial charge in [0, 0.05) is 24.2 Å². The smallest absolute Gasteiger partial charge is 0.304 e. The lowest BCUT2D eigenvalue weighted by molar-refractivity contribution is -0.387. The molecule has 0 amide bonds. The van der Waals surface area contributed by atoms with Crippen molar-refractivity contribution >= 4 is 15.7 Å². The van der Waals surface area contributed by atoms with Crippen molar-refractivity contribution in [2.75, 3.05) is 0 Å². The molecule has 7 nitrogen and oxygen atoms in total. The van der Waals surface area contributed by atoms with Gasteiger partial charge in [-0.2, -0.15) is 4.39 Å². The van der Waals surface area contributed by atoms with Crippen LogP contribution in [0.1, 0.15) is 12.8 Å². The van der Waals surface area contributed by atoms with Crippen molar-refractivity contribution < 1.29 is 17.7 Å². The normalized spacial score (nSPS) is 22.8.